The molecule has 1 amide bonds. The average Bonchev–Trinajstić information content (AvgIpc) is 3.07. The minimum absolute atomic E-state index is 0.0643. The molecule has 0 spiro atoms. The summed E-state index contributed by atoms with van der Waals surface area (Å²) < 4.78 is 5.50. The molecule has 0 atom stereocenters. The fourth-order valence-electron chi connectivity index (χ4n) is 3.50. The van der Waals surface area contributed by atoms with E-state index in [2.05, 4.69) is 51.4 Å². The van der Waals surface area contributed by atoms with E-state index in [4.69, 9.17) is 4.74 Å². The van der Waals surface area contributed by atoms with Crippen LogP contribution in [0, 0.1) is 18.8 Å². The van der Waals surface area contributed by atoms with Gasteiger partial charge in [-0.05, 0) is 29.2 Å². The van der Waals surface area contributed by atoms with Gasteiger partial charge in [0.25, 0.3) is 0 Å². The number of aromatic nitrogens is 2. The summed E-state index contributed by atoms with van der Waals surface area (Å²) in [7, 11) is 0. The Bertz CT molecular complexity index is 1040. The van der Waals surface area contributed by atoms with Crippen molar-refractivity contribution in [2.45, 2.75) is 19.3 Å². The van der Waals surface area contributed by atoms with Gasteiger partial charge in [-0.15, -0.1) is 0 Å². The second kappa shape index (κ2) is 8.57. The molecule has 2 aromatic carbocycles. The number of ether oxygens (including phenoxy) is 1. The van der Waals surface area contributed by atoms with Gasteiger partial charge in [-0.1, -0.05) is 60.4 Å². The molecule has 0 aliphatic heterocycles. The van der Waals surface area contributed by atoms with E-state index in [1.807, 2.05) is 31.2 Å². The molecule has 0 saturated carbocycles. The van der Waals surface area contributed by atoms with Crippen molar-refractivity contribution >= 4 is 6.09 Å². The number of hydrogen-bond acceptors (Lipinski definition) is 4. The van der Waals surface area contributed by atoms with Gasteiger partial charge < -0.3 is 10.1 Å². The van der Waals surface area contributed by atoms with Gasteiger partial charge in [-0.2, -0.15) is 0 Å². The van der Waals surface area contributed by atoms with Crippen molar-refractivity contribution in [1.82, 2.24) is 15.3 Å². The van der Waals surface area contributed by atoms with Gasteiger partial charge in [0.15, 0.2) is 0 Å². The Balaban J connectivity index is 1.29. The number of nitrogens with zero attached hydrogens (tertiary/aromatic N) is 2. The summed E-state index contributed by atoms with van der Waals surface area (Å²) in [4.78, 5) is 20.3. The zero-order chi connectivity index (χ0) is 20.1. The van der Waals surface area contributed by atoms with E-state index >= 15 is 0 Å². The van der Waals surface area contributed by atoms with E-state index in [9.17, 15) is 4.79 Å². The molecule has 1 heterocycles. The molecule has 5 nitrogen and oxygen atoms in total. The number of alkyl carbamates (subject to hydrolysis) is 1. The standard InChI is InChI=1S/C24H21N3O2/c1-17-26-14-18(15-27-17)8-6-7-13-25-24(28)29-16-23-21-11-4-2-9-19(21)20-10-3-5-12-22(20)23/h2-5,9-12,14-15,23H,7,13,16H2,1H3,(H,25,28). The zero-order valence-electron chi connectivity index (χ0n) is 16.2. The van der Waals surface area contributed by atoms with E-state index in [0.717, 1.165) is 5.56 Å². The van der Waals surface area contributed by atoms with Gasteiger partial charge in [-0.25, -0.2) is 14.8 Å². The van der Waals surface area contributed by atoms with Crippen molar-refractivity contribution < 1.29 is 9.53 Å². The maximum absolute atomic E-state index is 12.1. The summed E-state index contributed by atoms with van der Waals surface area (Å²) in [6.45, 7) is 2.57. The first-order valence-electron chi connectivity index (χ1n) is 9.59. The van der Waals surface area contributed by atoms with Crippen molar-refractivity contribution in [3.63, 3.8) is 0 Å². The average molecular weight is 383 g/mol. The maximum Gasteiger partial charge on any atom is 0.407 e. The molecule has 0 unspecified atom stereocenters. The zero-order valence-corrected chi connectivity index (χ0v) is 16.2. The lowest BCUT2D eigenvalue weighted by atomic mass is 9.98. The molecule has 1 aliphatic carbocycles. The van der Waals surface area contributed by atoms with Crippen LogP contribution in [0.3, 0.4) is 0 Å². The molecule has 1 aliphatic rings. The number of fused-ring (bicyclic) bond motifs is 3. The first-order chi connectivity index (χ1) is 14.2. The number of amides is 1. The van der Waals surface area contributed by atoms with E-state index in [-0.39, 0.29) is 5.92 Å². The second-order valence-electron chi connectivity index (χ2n) is 6.82. The fraction of sp³-hybridized carbons (Fsp3) is 0.208. The molecule has 5 heteroatoms. The van der Waals surface area contributed by atoms with Crippen LogP contribution in [0.4, 0.5) is 4.79 Å². The molecule has 29 heavy (non-hydrogen) atoms. The third-order valence-electron chi connectivity index (χ3n) is 4.88. The molecule has 1 N–H and O–H groups in total. The molecule has 144 valence electrons. The van der Waals surface area contributed by atoms with Crippen molar-refractivity contribution in [1.29, 1.82) is 0 Å². The number of rotatable bonds is 4. The van der Waals surface area contributed by atoms with Gasteiger partial charge in [0.05, 0.1) is 5.56 Å². The third kappa shape index (κ3) is 4.27. The molecule has 0 radical (unpaired) electrons. The monoisotopic (exact) mass is 383 g/mol. The lowest BCUT2D eigenvalue weighted by Crippen LogP contribution is -2.26. The predicted octanol–water partition coefficient (Wildman–Crippen LogP) is 4.07. The highest BCUT2D eigenvalue weighted by Gasteiger charge is 2.28. The van der Waals surface area contributed by atoms with Crippen molar-refractivity contribution in [2.75, 3.05) is 13.2 Å². The van der Waals surface area contributed by atoms with Crippen LogP contribution in [0.25, 0.3) is 11.1 Å². The number of benzene rings is 2. The van der Waals surface area contributed by atoms with Crippen LogP contribution >= 0.6 is 0 Å². The highest BCUT2D eigenvalue weighted by Crippen LogP contribution is 2.44. The fourth-order valence-corrected chi connectivity index (χ4v) is 3.50. The van der Waals surface area contributed by atoms with Gasteiger partial charge in [0.1, 0.15) is 12.4 Å². The summed E-state index contributed by atoms with van der Waals surface area (Å²) in [5.41, 5.74) is 5.59. The molecule has 4 rings (SSSR count). The minimum Gasteiger partial charge on any atom is -0.449 e. The van der Waals surface area contributed by atoms with Crippen molar-refractivity contribution in [3.8, 4) is 23.0 Å². The number of carbonyl (C=O) groups excluding carboxylic acids is 1. The first-order valence-corrected chi connectivity index (χ1v) is 9.59. The molecular weight excluding hydrogens is 362 g/mol. The van der Waals surface area contributed by atoms with Crippen LogP contribution in [0.2, 0.25) is 0 Å². The normalized spacial score (nSPS) is 11.8. The SMILES string of the molecule is Cc1ncc(C#CCCNC(=O)OCC2c3ccccc3-c3ccccc32)cn1. The van der Waals surface area contributed by atoms with Crippen LogP contribution < -0.4 is 5.32 Å². The van der Waals surface area contributed by atoms with E-state index in [0.29, 0.717) is 25.4 Å². The largest absolute Gasteiger partial charge is 0.449 e. The molecule has 1 aromatic heterocycles. The smallest absolute Gasteiger partial charge is 0.407 e. The van der Waals surface area contributed by atoms with Gasteiger partial charge >= 0.3 is 6.09 Å². The summed E-state index contributed by atoms with van der Waals surface area (Å²) in [6, 6.07) is 16.6. The Morgan fingerprint density at radius 3 is 2.31 bits per heavy atom. The van der Waals surface area contributed by atoms with Crippen LogP contribution in [0.5, 0.6) is 0 Å². The predicted molar refractivity (Wildman–Crippen MR) is 111 cm³/mol. The topological polar surface area (TPSA) is 64.1 Å². The summed E-state index contributed by atoms with van der Waals surface area (Å²) in [5.74, 6) is 6.76. The maximum atomic E-state index is 12.1. The Kier molecular flexibility index (Phi) is 5.53. The second-order valence-corrected chi connectivity index (χ2v) is 6.82. The van der Waals surface area contributed by atoms with Crippen LogP contribution in [-0.4, -0.2) is 29.2 Å². The van der Waals surface area contributed by atoms with E-state index < -0.39 is 6.09 Å². The van der Waals surface area contributed by atoms with Gasteiger partial charge in [0, 0.05) is 31.3 Å². The quantitative estimate of drug-likeness (QED) is 0.545. The molecule has 0 saturated heterocycles. The molecule has 0 bridgehead atoms. The summed E-state index contributed by atoms with van der Waals surface area (Å²) in [6.07, 6.45) is 3.48. The number of nitrogens with one attached hydrogen (secondary N) is 1. The van der Waals surface area contributed by atoms with Crippen LogP contribution in [0.15, 0.2) is 60.9 Å². The van der Waals surface area contributed by atoms with E-state index in [1.54, 1.807) is 12.4 Å². The highest BCUT2D eigenvalue weighted by atomic mass is 16.5. The van der Waals surface area contributed by atoms with Gasteiger partial charge in [-0.3, -0.25) is 0 Å². The summed E-state index contributed by atoms with van der Waals surface area (Å²) >= 11 is 0. The number of hydrogen-bond donors (Lipinski definition) is 1. The Labute approximate surface area is 170 Å². The number of aryl methyl sites for hydroxylation is 1. The highest BCUT2D eigenvalue weighted by molar-refractivity contribution is 5.79. The first kappa shape index (κ1) is 18.7. The number of carbonyl (C=O) groups is 1. The van der Waals surface area contributed by atoms with Crippen molar-refractivity contribution in [3.05, 3.63) is 83.4 Å². The molecular formula is C24H21N3O2. The van der Waals surface area contributed by atoms with Crippen LogP contribution in [-0.2, 0) is 4.74 Å². The third-order valence-corrected chi connectivity index (χ3v) is 4.88. The summed E-state index contributed by atoms with van der Waals surface area (Å²) in [5, 5.41) is 2.76. The Morgan fingerprint density at radius 2 is 1.66 bits per heavy atom. The lowest BCUT2D eigenvalue weighted by Gasteiger charge is -2.14. The van der Waals surface area contributed by atoms with Gasteiger partial charge in [0.2, 0.25) is 0 Å². The Hall–Kier alpha value is -3.65. The Morgan fingerprint density at radius 1 is 1.03 bits per heavy atom. The molecule has 3 aromatic rings. The minimum atomic E-state index is -0.424. The lowest BCUT2D eigenvalue weighted by molar-refractivity contribution is 0.143. The molecule has 0 fully saturated rings. The van der Waals surface area contributed by atoms with E-state index in [1.165, 1.54) is 22.3 Å². The van der Waals surface area contributed by atoms with Crippen LogP contribution in [0.1, 0.15) is 34.9 Å². The van der Waals surface area contributed by atoms with Crippen molar-refractivity contribution in [2.24, 2.45) is 0 Å².